The molecule has 0 spiro atoms. The van der Waals surface area contributed by atoms with Gasteiger partial charge in [-0.2, -0.15) is 0 Å². The third-order valence-electron chi connectivity index (χ3n) is 2.35. The minimum absolute atomic E-state index is 0.409. The van der Waals surface area contributed by atoms with E-state index in [4.69, 9.17) is 5.73 Å². The summed E-state index contributed by atoms with van der Waals surface area (Å²) in [6.45, 7) is 4.01. The van der Waals surface area contributed by atoms with E-state index in [0.29, 0.717) is 0 Å². The molecule has 1 aromatic carbocycles. The molecule has 0 aliphatic carbocycles. The van der Waals surface area contributed by atoms with Gasteiger partial charge in [-0.3, -0.25) is 4.79 Å². The molecule has 0 heterocycles. The summed E-state index contributed by atoms with van der Waals surface area (Å²) in [6, 6.07) is 5.04. The van der Waals surface area contributed by atoms with E-state index >= 15 is 0 Å². The quantitative estimate of drug-likeness (QED) is 0.724. The molecule has 14 heavy (non-hydrogen) atoms. The van der Waals surface area contributed by atoms with E-state index in [9.17, 15) is 4.79 Å². The zero-order valence-corrected chi connectivity index (χ0v) is 8.70. The van der Waals surface area contributed by atoms with E-state index in [1.54, 1.807) is 0 Å². The molecule has 0 aliphatic heterocycles. The maximum atomic E-state index is 11.2. The van der Waals surface area contributed by atoms with Gasteiger partial charge in [0, 0.05) is 0 Å². The Hall–Kier alpha value is -1.35. The Morgan fingerprint density at radius 2 is 2.00 bits per heavy atom. The topological polar surface area (TPSA) is 52.3 Å². The summed E-state index contributed by atoms with van der Waals surface area (Å²) in [5.74, 6) is -0.409. The number of benzene rings is 1. The van der Waals surface area contributed by atoms with Gasteiger partial charge >= 0.3 is 5.97 Å². The number of ether oxygens (including phenoxy) is 1. The molecule has 0 aliphatic rings. The van der Waals surface area contributed by atoms with Crippen LogP contribution in [0.4, 0.5) is 0 Å². The van der Waals surface area contributed by atoms with Gasteiger partial charge in [-0.15, -0.1) is 0 Å². The van der Waals surface area contributed by atoms with E-state index < -0.39 is 12.0 Å². The molecule has 2 N–H and O–H groups in total. The molecule has 0 amide bonds. The number of carbonyl (C=O) groups excluding carboxylic acids is 1. The first-order chi connectivity index (χ1) is 6.56. The first-order valence-electron chi connectivity index (χ1n) is 4.47. The van der Waals surface area contributed by atoms with Crippen molar-refractivity contribution in [1.82, 2.24) is 0 Å². The number of methoxy groups -OCH3 is 1. The van der Waals surface area contributed by atoms with Gasteiger partial charge in [0.2, 0.25) is 0 Å². The van der Waals surface area contributed by atoms with Crippen molar-refractivity contribution in [3.05, 3.63) is 34.9 Å². The predicted molar refractivity (Wildman–Crippen MR) is 54.9 cm³/mol. The lowest BCUT2D eigenvalue weighted by atomic mass is 10.0. The lowest BCUT2D eigenvalue weighted by molar-refractivity contribution is -0.142. The lowest BCUT2D eigenvalue weighted by Crippen LogP contribution is -2.22. The van der Waals surface area contributed by atoms with Crippen LogP contribution in [0.1, 0.15) is 22.7 Å². The van der Waals surface area contributed by atoms with Crippen LogP contribution in [0.25, 0.3) is 0 Å². The van der Waals surface area contributed by atoms with Gasteiger partial charge in [-0.1, -0.05) is 18.2 Å². The van der Waals surface area contributed by atoms with Crippen LogP contribution < -0.4 is 5.73 Å². The predicted octanol–water partition coefficient (Wildman–Crippen LogP) is 1.48. The van der Waals surface area contributed by atoms with Gasteiger partial charge in [0.25, 0.3) is 0 Å². The van der Waals surface area contributed by atoms with Crippen molar-refractivity contribution in [2.75, 3.05) is 7.11 Å². The third kappa shape index (κ3) is 2.12. The van der Waals surface area contributed by atoms with Crippen molar-refractivity contribution in [2.24, 2.45) is 5.73 Å². The second-order valence-electron chi connectivity index (χ2n) is 3.34. The molecule has 1 atom stereocenters. The van der Waals surface area contributed by atoms with E-state index in [-0.39, 0.29) is 0 Å². The van der Waals surface area contributed by atoms with Crippen molar-refractivity contribution in [2.45, 2.75) is 19.9 Å². The molecule has 0 saturated carbocycles. The Bertz CT molecular complexity index is 347. The second-order valence-corrected chi connectivity index (χ2v) is 3.34. The van der Waals surface area contributed by atoms with E-state index in [2.05, 4.69) is 4.74 Å². The van der Waals surface area contributed by atoms with Crippen molar-refractivity contribution in [3.63, 3.8) is 0 Å². The van der Waals surface area contributed by atoms with Crippen LogP contribution in [0.2, 0.25) is 0 Å². The summed E-state index contributed by atoms with van der Waals surface area (Å²) in [4.78, 5) is 11.2. The summed E-state index contributed by atoms with van der Waals surface area (Å²) < 4.78 is 4.57. The minimum Gasteiger partial charge on any atom is -0.468 e. The molecule has 76 valence electrons. The first kappa shape index (κ1) is 10.7. The number of esters is 1. The van der Waals surface area contributed by atoms with Crippen molar-refractivity contribution in [3.8, 4) is 0 Å². The van der Waals surface area contributed by atoms with Crippen LogP contribution in [-0.2, 0) is 9.53 Å². The smallest absolute Gasteiger partial charge is 0.327 e. The molecule has 0 aromatic heterocycles. The van der Waals surface area contributed by atoms with Crippen LogP contribution in [0, 0.1) is 13.8 Å². The Kier molecular flexibility index (Phi) is 3.25. The summed E-state index contributed by atoms with van der Waals surface area (Å²) in [5.41, 5.74) is 8.80. The number of nitrogens with two attached hydrogens (primary N) is 1. The fraction of sp³-hybridized carbons (Fsp3) is 0.364. The average molecular weight is 193 g/mol. The van der Waals surface area contributed by atoms with E-state index in [1.807, 2.05) is 32.0 Å². The highest BCUT2D eigenvalue weighted by molar-refractivity contribution is 5.77. The fourth-order valence-electron chi connectivity index (χ4n) is 1.22. The standard InChI is InChI=1S/C11H15NO2/c1-7-4-5-9(6-8(7)2)10(12)11(13)14-3/h4-6,10H,12H2,1-3H3. The highest BCUT2D eigenvalue weighted by Crippen LogP contribution is 2.16. The molecule has 3 nitrogen and oxygen atoms in total. The summed E-state index contributed by atoms with van der Waals surface area (Å²) in [7, 11) is 1.34. The van der Waals surface area contributed by atoms with E-state index in [1.165, 1.54) is 12.7 Å². The third-order valence-corrected chi connectivity index (χ3v) is 2.35. The highest BCUT2D eigenvalue weighted by atomic mass is 16.5. The summed E-state index contributed by atoms with van der Waals surface area (Å²) >= 11 is 0. The van der Waals surface area contributed by atoms with Crippen LogP contribution in [0.15, 0.2) is 18.2 Å². The summed E-state index contributed by atoms with van der Waals surface area (Å²) in [5, 5.41) is 0. The minimum atomic E-state index is -0.681. The molecule has 1 aromatic rings. The fourth-order valence-corrected chi connectivity index (χ4v) is 1.22. The van der Waals surface area contributed by atoms with Gasteiger partial charge in [0.05, 0.1) is 7.11 Å². The van der Waals surface area contributed by atoms with Crippen LogP contribution in [0.5, 0.6) is 0 Å². The van der Waals surface area contributed by atoms with Gasteiger partial charge in [0.15, 0.2) is 0 Å². The molecule has 1 unspecified atom stereocenters. The van der Waals surface area contributed by atoms with Gasteiger partial charge in [-0.05, 0) is 30.5 Å². The Morgan fingerprint density at radius 3 is 2.50 bits per heavy atom. The highest BCUT2D eigenvalue weighted by Gasteiger charge is 2.15. The lowest BCUT2D eigenvalue weighted by Gasteiger charge is -2.11. The first-order valence-corrected chi connectivity index (χ1v) is 4.47. The molecule has 0 fully saturated rings. The second kappa shape index (κ2) is 4.24. The number of aryl methyl sites for hydroxylation is 2. The van der Waals surface area contributed by atoms with Crippen LogP contribution >= 0.6 is 0 Å². The van der Waals surface area contributed by atoms with Gasteiger partial charge in [0.1, 0.15) is 6.04 Å². The zero-order chi connectivity index (χ0) is 10.7. The van der Waals surface area contributed by atoms with Gasteiger partial charge < -0.3 is 10.5 Å². The number of hydrogen-bond acceptors (Lipinski definition) is 3. The number of hydrogen-bond donors (Lipinski definition) is 1. The Morgan fingerprint density at radius 1 is 1.36 bits per heavy atom. The number of rotatable bonds is 2. The summed E-state index contributed by atoms with van der Waals surface area (Å²) in [6.07, 6.45) is 0. The normalized spacial score (nSPS) is 12.3. The Balaban J connectivity index is 2.96. The zero-order valence-electron chi connectivity index (χ0n) is 8.70. The monoisotopic (exact) mass is 193 g/mol. The van der Waals surface area contributed by atoms with E-state index in [0.717, 1.165) is 11.1 Å². The molecule has 0 radical (unpaired) electrons. The molecule has 0 saturated heterocycles. The number of carbonyl (C=O) groups is 1. The average Bonchev–Trinajstić information content (AvgIpc) is 2.20. The van der Waals surface area contributed by atoms with Crippen molar-refractivity contribution >= 4 is 5.97 Å². The van der Waals surface area contributed by atoms with Crippen molar-refractivity contribution < 1.29 is 9.53 Å². The maximum Gasteiger partial charge on any atom is 0.327 e. The van der Waals surface area contributed by atoms with Gasteiger partial charge in [-0.25, -0.2) is 0 Å². The van der Waals surface area contributed by atoms with Crippen LogP contribution in [-0.4, -0.2) is 13.1 Å². The molecule has 1 rings (SSSR count). The largest absolute Gasteiger partial charge is 0.468 e. The maximum absolute atomic E-state index is 11.2. The molecular weight excluding hydrogens is 178 g/mol. The van der Waals surface area contributed by atoms with Crippen LogP contribution in [0.3, 0.4) is 0 Å². The SMILES string of the molecule is COC(=O)C(N)c1ccc(C)c(C)c1. The van der Waals surface area contributed by atoms with Crippen molar-refractivity contribution in [1.29, 1.82) is 0 Å². The Labute approximate surface area is 83.9 Å². The molecular formula is C11H15NO2. The molecule has 3 heteroatoms. The molecule has 0 bridgehead atoms.